The molecule has 0 radical (unpaired) electrons. The van der Waals surface area contributed by atoms with Crippen molar-refractivity contribution in [3.63, 3.8) is 0 Å². The van der Waals surface area contributed by atoms with Crippen molar-refractivity contribution < 1.29 is 12.3 Å². The molecule has 1 aromatic heterocycles. The Labute approximate surface area is 101 Å². The summed E-state index contributed by atoms with van der Waals surface area (Å²) in [6, 6.07) is -0.179. The van der Waals surface area contributed by atoms with Crippen LogP contribution in [0.3, 0.4) is 0 Å². The Hall–Kier alpha value is -0.980. The minimum atomic E-state index is -4.80. The molecule has 0 aliphatic rings. The second kappa shape index (κ2) is 5.57. The van der Waals surface area contributed by atoms with Gasteiger partial charge in [-0.05, 0) is 20.3 Å². The van der Waals surface area contributed by atoms with Crippen LogP contribution in [0.15, 0.2) is 5.16 Å². The fourth-order valence-electron chi connectivity index (χ4n) is 1.70. The van der Waals surface area contributed by atoms with E-state index in [-0.39, 0.29) is 6.04 Å². The first-order valence-corrected chi connectivity index (χ1v) is 7.14. The van der Waals surface area contributed by atoms with Crippen LogP contribution in [0.1, 0.15) is 51.9 Å². The molecular formula is C10H18FN3O2S. The van der Waals surface area contributed by atoms with Gasteiger partial charge in [-0.2, -0.15) is 8.42 Å². The van der Waals surface area contributed by atoms with Gasteiger partial charge in [0, 0.05) is 12.5 Å². The molecule has 0 amide bonds. The van der Waals surface area contributed by atoms with Crippen LogP contribution >= 0.6 is 0 Å². The number of unbranched alkanes of at least 4 members (excludes halogenated alkanes) is 2. The molecule has 0 aliphatic carbocycles. The molecule has 0 aromatic carbocycles. The Morgan fingerprint density at radius 3 is 2.41 bits per heavy atom. The monoisotopic (exact) mass is 263 g/mol. The van der Waals surface area contributed by atoms with Crippen LogP contribution in [0.25, 0.3) is 0 Å². The van der Waals surface area contributed by atoms with Crippen molar-refractivity contribution in [1.82, 2.24) is 14.8 Å². The molecule has 0 aliphatic heterocycles. The van der Waals surface area contributed by atoms with Crippen LogP contribution in [-0.2, 0) is 16.6 Å². The second-order valence-electron chi connectivity index (χ2n) is 4.26. The highest BCUT2D eigenvalue weighted by atomic mass is 32.3. The molecule has 0 unspecified atom stereocenters. The van der Waals surface area contributed by atoms with E-state index in [9.17, 15) is 12.3 Å². The summed E-state index contributed by atoms with van der Waals surface area (Å²) in [4.78, 5) is 0. The van der Waals surface area contributed by atoms with Gasteiger partial charge in [-0.1, -0.05) is 23.7 Å². The van der Waals surface area contributed by atoms with Crippen LogP contribution in [0.2, 0.25) is 0 Å². The van der Waals surface area contributed by atoms with Gasteiger partial charge in [-0.25, -0.2) is 0 Å². The number of nitrogens with zero attached hydrogens (tertiary/aromatic N) is 3. The van der Waals surface area contributed by atoms with Gasteiger partial charge in [0.05, 0.1) is 0 Å². The van der Waals surface area contributed by atoms with E-state index in [1.807, 2.05) is 0 Å². The molecule has 0 spiro atoms. The molecule has 0 N–H and O–H groups in total. The fourth-order valence-corrected chi connectivity index (χ4v) is 2.39. The van der Waals surface area contributed by atoms with E-state index in [2.05, 4.69) is 17.1 Å². The van der Waals surface area contributed by atoms with E-state index in [0.29, 0.717) is 12.2 Å². The van der Waals surface area contributed by atoms with Gasteiger partial charge in [-0.3, -0.25) is 4.57 Å². The second-order valence-corrected chi connectivity index (χ2v) is 5.50. The maximum atomic E-state index is 13.0. The van der Waals surface area contributed by atoms with E-state index < -0.39 is 15.4 Å². The Kier molecular flexibility index (Phi) is 4.62. The average molecular weight is 263 g/mol. The van der Waals surface area contributed by atoms with E-state index in [1.165, 1.54) is 4.57 Å². The van der Waals surface area contributed by atoms with Gasteiger partial charge in [0.25, 0.3) is 5.16 Å². The number of hydrogen-bond donors (Lipinski definition) is 0. The molecule has 0 saturated heterocycles. The number of halogens is 1. The molecule has 0 bridgehead atoms. The van der Waals surface area contributed by atoms with Gasteiger partial charge in [-0.15, -0.1) is 10.2 Å². The fraction of sp³-hybridized carbons (Fsp3) is 0.800. The van der Waals surface area contributed by atoms with E-state index >= 15 is 0 Å². The SMILES string of the molecule is CCCCCc1nnc(S(=O)(=O)F)n1C(C)C. The van der Waals surface area contributed by atoms with Gasteiger partial charge in [0.2, 0.25) is 0 Å². The maximum absolute atomic E-state index is 13.0. The van der Waals surface area contributed by atoms with E-state index in [4.69, 9.17) is 0 Å². The van der Waals surface area contributed by atoms with Crippen LogP contribution in [-0.4, -0.2) is 23.2 Å². The zero-order valence-electron chi connectivity index (χ0n) is 10.4. The molecule has 5 nitrogen and oxygen atoms in total. The summed E-state index contributed by atoms with van der Waals surface area (Å²) in [5, 5.41) is 6.62. The summed E-state index contributed by atoms with van der Waals surface area (Å²) >= 11 is 0. The number of aryl methyl sites for hydroxylation is 1. The minimum absolute atomic E-state index is 0.179. The minimum Gasteiger partial charge on any atom is -0.297 e. The van der Waals surface area contributed by atoms with Gasteiger partial charge < -0.3 is 0 Å². The van der Waals surface area contributed by atoms with Crippen LogP contribution < -0.4 is 0 Å². The standard InChI is InChI=1S/C10H18FN3O2S/c1-4-5-6-7-9-12-13-10(17(11,15)16)14(9)8(2)3/h8H,4-7H2,1-3H3. The largest absolute Gasteiger partial charge is 0.368 e. The average Bonchev–Trinajstić information content (AvgIpc) is 2.61. The van der Waals surface area contributed by atoms with Gasteiger partial charge in [0.15, 0.2) is 0 Å². The first kappa shape index (κ1) is 14.1. The third-order valence-corrected chi connectivity index (χ3v) is 3.19. The lowest BCUT2D eigenvalue weighted by Crippen LogP contribution is -2.12. The summed E-state index contributed by atoms with van der Waals surface area (Å²) in [6.07, 6.45) is 3.61. The first-order chi connectivity index (χ1) is 7.88. The smallest absolute Gasteiger partial charge is 0.297 e. The van der Waals surface area contributed by atoms with Crippen LogP contribution in [0.4, 0.5) is 3.89 Å². The predicted molar refractivity (Wildman–Crippen MR) is 61.9 cm³/mol. The third-order valence-electron chi connectivity index (χ3n) is 2.47. The summed E-state index contributed by atoms with van der Waals surface area (Å²) < 4.78 is 36.2. The van der Waals surface area contributed by atoms with Crippen molar-refractivity contribution in [1.29, 1.82) is 0 Å². The summed E-state index contributed by atoms with van der Waals surface area (Å²) in [5.41, 5.74) is 0. The lowest BCUT2D eigenvalue weighted by molar-refractivity contribution is 0.482. The Morgan fingerprint density at radius 1 is 1.29 bits per heavy atom. The number of aromatic nitrogens is 3. The van der Waals surface area contributed by atoms with Gasteiger partial charge in [0.1, 0.15) is 5.82 Å². The van der Waals surface area contributed by atoms with E-state index in [1.54, 1.807) is 13.8 Å². The van der Waals surface area contributed by atoms with Crippen molar-refractivity contribution in [2.75, 3.05) is 0 Å². The maximum Gasteiger partial charge on any atom is 0.368 e. The van der Waals surface area contributed by atoms with Crippen LogP contribution in [0.5, 0.6) is 0 Å². The van der Waals surface area contributed by atoms with Crippen molar-refractivity contribution in [3.8, 4) is 0 Å². The molecule has 7 heteroatoms. The highest BCUT2D eigenvalue weighted by Gasteiger charge is 2.25. The highest BCUT2D eigenvalue weighted by Crippen LogP contribution is 2.19. The lowest BCUT2D eigenvalue weighted by Gasteiger charge is -2.11. The molecule has 1 rings (SSSR count). The molecule has 17 heavy (non-hydrogen) atoms. The van der Waals surface area contributed by atoms with E-state index in [0.717, 1.165) is 19.3 Å². The van der Waals surface area contributed by atoms with Crippen molar-refractivity contribution >= 4 is 10.2 Å². The Bertz CT molecular complexity index is 468. The van der Waals surface area contributed by atoms with Gasteiger partial charge >= 0.3 is 10.2 Å². The first-order valence-electron chi connectivity index (χ1n) is 5.76. The molecule has 0 fully saturated rings. The molecule has 0 saturated carbocycles. The third kappa shape index (κ3) is 3.49. The lowest BCUT2D eigenvalue weighted by atomic mass is 10.2. The zero-order valence-corrected chi connectivity index (χ0v) is 11.2. The normalized spacial score (nSPS) is 12.3. The topological polar surface area (TPSA) is 64.8 Å². The highest BCUT2D eigenvalue weighted by molar-refractivity contribution is 7.86. The molecule has 1 heterocycles. The Balaban J connectivity index is 3.03. The quantitative estimate of drug-likeness (QED) is 0.583. The van der Waals surface area contributed by atoms with Crippen LogP contribution in [0, 0.1) is 0 Å². The summed E-state index contributed by atoms with van der Waals surface area (Å²) in [6.45, 7) is 5.63. The number of hydrogen-bond acceptors (Lipinski definition) is 4. The van der Waals surface area contributed by atoms with Crippen molar-refractivity contribution in [2.24, 2.45) is 0 Å². The molecule has 1 aromatic rings. The molecule has 98 valence electrons. The zero-order chi connectivity index (χ0) is 13.1. The predicted octanol–water partition coefficient (Wildman–Crippen LogP) is 2.25. The number of rotatable bonds is 6. The Morgan fingerprint density at radius 2 is 1.94 bits per heavy atom. The summed E-state index contributed by atoms with van der Waals surface area (Å²) in [7, 11) is -4.80. The van der Waals surface area contributed by atoms with Crippen molar-refractivity contribution in [3.05, 3.63) is 5.82 Å². The summed E-state index contributed by atoms with van der Waals surface area (Å²) in [5.74, 6) is 0.532. The molecule has 0 atom stereocenters. The molecular weight excluding hydrogens is 245 g/mol. The van der Waals surface area contributed by atoms with Crippen molar-refractivity contribution in [2.45, 2.75) is 57.7 Å².